The molecule has 6 nitrogen and oxygen atoms in total. The maximum absolute atomic E-state index is 13.2. The Morgan fingerprint density at radius 3 is 2.74 bits per heavy atom. The fourth-order valence-corrected chi connectivity index (χ4v) is 5.35. The molecule has 2 aromatic carbocycles. The molecule has 2 aromatic heterocycles. The summed E-state index contributed by atoms with van der Waals surface area (Å²) >= 11 is 1.39. The fraction of sp³-hybridized carbons (Fsp3) is 0.269. The number of carbonyl (C=O) groups is 1. The maximum atomic E-state index is 13.2. The molecule has 34 heavy (non-hydrogen) atoms. The third-order valence-electron chi connectivity index (χ3n) is 6.32. The van der Waals surface area contributed by atoms with Crippen molar-refractivity contribution in [3.05, 3.63) is 81.7 Å². The van der Waals surface area contributed by atoms with Crippen molar-refractivity contribution in [2.45, 2.75) is 25.8 Å². The first kappa shape index (κ1) is 22.3. The number of amides is 1. The van der Waals surface area contributed by atoms with E-state index in [-0.39, 0.29) is 29.2 Å². The van der Waals surface area contributed by atoms with Crippen LogP contribution in [-0.2, 0) is 4.79 Å². The molecule has 1 amide bonds. The van der Waals surface area contributed by atoms with Gasteiger partial charge in [-0.2, -0.15) is 0 Å². The minimum Gasteiger partial charge on any atom is -0.349 e. The highest BCUT2D eigenvalue weighted by Gasteiger charge is 2.28. The van der Waals surface area contributed by atoms with Crippen LogP contribution in [-0.4, -0.2) is 29.0 Å². The zero-order valence-electron chi connectivity index (χ0n) is 18.8. The quantitative estimate of drug-likeness (QED) is 0.430. The number of hydrogen-bond donors (Lipinski definition) is 2. The highest BCUT2D eigenvalue weighted by atomic mass is 32.1. The van der Waals surface area contributed by atoms with Gasteiger partial charge in [-0.1, -0.05) is 42.5 Å². The van der Waals surface area contributed by atoms with Gasteiger partial charge in [-0.05, 0) is 43.0 Å². The average molecular weight is 477 g/mol. The number of piperidine rings is 1. The van der Waals surface area contributed by atoms with Crippen LogP contribution in [0.2, 0.25) is 0 Å². The molecule has 1 aliphatic heterocycles. The van der Waals surface area contributed by atoms with Crippen LogP contribution in [0.15, 0.2) is 64.8 Å². The molecule has 0 radical (unpaired) electrons. The van der Waals surface area contributed by atoms with E-state index in [9.17, 15) is 14.0 Å². The lowest BCUT2D eigenvalue weighted by Crippen LogP contribution is -2.44. The van der Waals surface area contributed by atoms with E-state index in [1.54, 1.807) is 12.1 Å². The van der Waals surface area contributed by atoms with Crippen molar-refractivity contribution in [2.75, 3.05) is 18.0 Å². The monoisotopic (exact) mass is 476 g/mol. The second kappa shape index (κ2) is 9.38. The molecule has 1 fully saturated rings. The molecule has 0 saturated carbocycles. The summed E-state index contributed by atoms with van der Waals surface area (Å²) < 4.78 is 13.8. The van der Waals surface area contributed by atoms with Gasteiger partial charge in [0, 0.05) is 24.0 Å². The molecule has 1 saturated heterocycles. The van der Waals surface area contributed by atoms with E-state index in [0.29, 0.717) is 22.7 Å². The van der Waals surface area contributed by atoms with Crippen molar-refractivity contribution >= 4 is 33.4 Å². The predicted octanol–water partition coefficient (Wildman–Crippen LogP) is 4.88. The van der Waals surface area contributed by atoms with Crippen molar-refractivity contribution in [2.24, 2.45) is 5.92 Å². The van der Waals surface area contributed by atoms with Crippen molar-refractivity contribution in [1.29, 1.82) is 0 Å². The Morgan fingerprint density at radius 1 is 1.21 bits per heavy atom. The van der Waals surface area contributed by atoms with Crippen LogP contribution in [0, 0.1) is 11.7 Å². The van der Waals surface area contributed by atoms with Gasteiger partial charge < -0.3 is 10.2 Å². The van der Waals surface area contributed by atoms with Gasteiger partial charge in [-0.25, -0.2) is 9.37 Å². The van der Waals surface area contributed by atoms with Gasteiger partial charge in [0.05, 0.1) is 17.5 Å². The summed E-state index contributed by atoms with van der Waals surface area (Å²) in [5, 5.41) is 5.01. The van der Waals surface area contributed by atoms with E-state index in [4.69, 9.17) is 4.98 Å². The van der Waals surface area contributed by atoms with E-state index in [1.165, 1.54) is 23.5 Å². The fourth-order valence-electron chi connectivity index (χ4n) is 4.44. The first-order chi connectivity index (χ1) is 16.5. The van der Waals surface area contributed by atoms with E-state index >= 15 is 0 Å². The van der Waals surface area contributed by atoms with E-state index in [2.05, 4.69) is 10.3 Å². The Morgan fingerprint density at radius 2 is 1.97 bits per heavy atom. The number of benzene rings is 2. The van der Waals surface area contributed by atoms with Crippen LogP contribution < -0.4 is 15.8 Å². The van der Waals surface area contributed by atoms with Crippen LogP contribution in [0.4, 0.5) is 10.3 Å². The zero-order valence-corrected chi connectivity index (χ0v) is 19.6. The number of thiophene rings is 1. The van der Waals surface area contributed by atoms with Crippen molar-refractivity contribution < 1.29 is 9.18 Å². The lowest BCUT2D eigenvalue weighted by atomic mass is 9.96. The lowest BCUT2D eigenvalue weighted by molar-refractivity contribution is -0.125. The molecule has 2 atom stereocenters. The summed E-state index contributed by atoms with van der Waals surface area (Å²) in [6.45, 7) is 3.08. The molecular formula is C26H25FN4O2S. The number of rotatable bonds is 5. The SMILES string of the molecule is C[C@H](NC(=O)[C@H]1CCCN(c2nc3c(-c4ccccc4)csc3c(=O)[nH]2)C1)c1ccc(F)cc1. The van der Waals surface area contributed by atoms with Gasteiger partial charge in [0.2, 0.25) is 11.9 Å². The first-order valence-electron chi connectivity index (χ1n) is 11.4. The molecule has 0 bridgehead atoms. The number of fused-ring (bicyclic) bond motifs is 1. The summed E-state index contributed by atoms with van der Waals surface area (Å²) in [6.07, 6.45) is 1.58. The topological polar surface area (TPSA) is 78.1 Å². The molecule has 2 N–H and O–H groups in total. The Kier molecular flexibility index (Phi) is 6.15. The van der Waals surface area contributed by atoms with Crippen LogP contribution in [0.1, 0.15) is 31.4 Å². The normalized spacial score (nSPS) is 17.0. The molecule has 174 valence electrons. The molecule has 3 heterocycles. The molecule has 0 aliphatic carbocycles. The average Bonchev–Trinajstić information content (AvgIpc) is 3.30. The van der Waals surface area contributed by atoms with Gasteiger partial charge in [0.15, 0.2) is 0 Å². The first-order valence-corrected chi connectivity index (χ1v) is 12.3. The maximum Gasteiger partial charge on any atom is 0.270 e. The van der Waals surface area contributed by atoms with Crippen molar-refractivity contribution in [3.8, 4) is 11.1 Å². The number of nitrogens with zero attached hydrogens (tertiary/aromatic N) is 2. The summed E-state index contributed by atoms with van der Waals surface area (Å²) in [5.74, 6) is -0.0824. The van der Waals surface area contributed by atoms with Gasteiger partial charge in [-0.3, -0.25) is 14.6 Å². The van der Waals surface area contributed by atoms with Crippen molar-refractivity contribution in [3.63, 3.8) is 0 Å². The van der Waals surface area contributed by atoms with Crippen LogP contribution in [0.25, 0.3) is 21.3 Å². The number of aromatic amines is 1. The third kappa shape index (κ3) is 4.46. The van der Waals surface area contributed by atoms with Gasteiger partial charge in [-0.15, -0.1) is 11.3 Å². The smallest absolute Gasteiger partial charge is 0.270 e. The summed E-state index contributed by atoms with van der Waals surface area (Å²) in [4.78, 5) is 35.5. The summed E-state index contributed by atoms with van der Waals surface area (Å²) in [7, 11) is 0. The van der Waals surface area contributed by atoms with Crippen molar-refractivity contribution in [1.82, 2.24) is 15.3 Å². The minimum absolute atomic E-state index is 0.0505. The number of aromatic nitrogens is 2. The number of hydrogen-bond acceptors (Lipinski definition) is 5. The van der Waals surface area contributed by atoms with E-state index < -0.39 is 0 Å². The molecule has 4 aromatic rings. The summed E-state index contributed by atoms with van der Waals surface area (Å²) in [6, 6.07) is 15.8. The lowest BCUT2D eigenvalue weighted by Gasteiger charge is -2.33. The third-order valence-corrected chi connectivity index (χ3v) is 7.29. The molecule has 0 spiro atoms. The highest BCUT2D eigenvalue weighted by molar-refractivity contribution is 7.17. The van der Waals surface area contributed by atoms with Crippen LogP contribution in [0.3, 0.4) is 0 Å². The second-order valence-electron chi connectivity index (χ2n) is 8.65. The van der Waals surface area contributed by atoms with E-state index in [0.717, 1.165) is 36.1 Å². The number of halogens is 1. The van der Waals surface area contributed by atoms with Crippen LogP contribution >= 0.6 is 11.3 Å². The largest absolute Gasteiger partial charge is 0.349 e. The Hall–Kier alpha value is -3.52. The molecule has 8 heteroatoms. The second-order valence-corrected chi connectivity index (χ2v) is 9.53. The summed E-state index contributed by atoms with van der Waals surface area (Å²) in [5.41, 5.74) is 3.33. The molecule has 0 unspecified atom stereocenters. The van der Waals surface area contributed by atoms with Gasteiger partial charge >= 0.3 is 0 Å². The highest BCUT2D eigenvalue weighted by Crippen LogP contribution is 2.32. The number of nitrogens with one attached hydrogen (secondary N) is 2. The van der Waals surface area contributed by atoms with Gasteiger partial charge in [0.1, 0.15) is 10.5 Å². The molecule has 5 rings (SSSR count). The molecule has 1 aliphatic rings. The van der Waals surface area contributed by atoms with Crippen LogP contribution in [0.5, 0.6) is 0 Å². The number of H-pyrrole nitrogens is 1. The Bertz CT molecular complexity index is 1370. The predicted molar refractivity (Wildman–Crippen MR) is 134 cm³/mol. The Balaban J connectivity index is 1.36. The number of anilines is 1. The number of carbonyl (C=O) groups excluding carboxylic acids is 1. The zero-order chi connectivity index (χ0) is 23.7. The van der Waals surface area contributed by atoms with Gasteiger partial charge in [0.25, 0.3) is 5.56 Å². The molecular weight excluding hydrogens is 451 g/mol. The minimum atomic E-state index is -0.301. The van der Waals surface area contributed by atoms with E-state index in [1.807, 2.05) is 47.5 Å². The standard InChI is InChI=1S/C26H25FN4O2S/c1-16(17-9-11-20(27)12-10-17)28-24(32)19-8-5-13-31(14-19)26-29-22-21(18-6-3-2-4-7-18)15-34-23(22)25(33)30-26/h2-4,6-7,9-12,15-16,19H,5,8,13-14H2,1H3,(H,28,32)(H,29,30,33)/t16-,19-/m0/s1. The Labute approximate surface area is 200 Å².